The van der Waals surface area contributed by atoms with Gasteiger partial charge in [0.05, 0.1) is 15.0 Å². The van der Waals surface area contributed by atoms with Crippen LogP contribution in [-0.4, -0.2) is 10.8 Å². The molecule has 0 unspecified atom stereocenters. The van der Waals surface area contributed by atoms with E-state index in [1.165, 1.54) is 12.1 Å². The molecule has 0 fully saturated rings. The molecule has 0 aliphatic rings. The number of amides is 1. The number of nitrogen functional groups attached to an aromatic ring is 1. The summed E-state index contributed by atoms with van der Waals surface area (Å²) < 4.78 is 1.05. The number of carbonyl (C=O) groups excluding carboxylic acids is 1. The zero-order chi connectivity index (χ0) is 15.6. The lowest BCUT2D eigenvalue weighted by molar-refractivity contribution is -0.385. The van der Waals surface area contributed by atoms with E-state index in [-0.39, 0.29) is 11.3 Å². The Morgan fingerprint density at radius 2 is 1.90 bits per heavy atom. The minimum absolute atomic E-state index is 0.130. The Labute approximate surface area is 136 Å². The SMILES string of the molecule is Nc1ccc(Br)cc1C(=O)Nc1ccc(Br)c([N+](=O)[O-])c1. The van der Waals surface area contributed by atoms with Gasteiger partial charge < -0.3 is 11.1 Å². The summed E-state index contributed by atoms with van der Waals surface area (Å²) in [6, 6.07) is 9.23. The van der Waals surface area contributed by atoms with Gasteiger partial charge in [0.15, 0.2) is 0 Å². The number of rotatable bonds is 3. The summed E-state index contributed by atoms with van der Waals surface area (Å²) in [4.78, 5) is 22.5. The molecule has 2 aromatic carbocycles. The van der Waals surface area contributed by atoms with Crippen molar-refractivity contribution >= 4 is 54.8 Å². The van der Waals surface area contributed by atoms with E-state index in [0.29, 0.717) is 20.3 Å². The number of nitrogens with one attached hydrogen (secondary N) is 1. The fourth-order valence-electron chi connectivity index (χ4n) is 1.65. The molecule has 108 valence electrons. The van der Waals surface area contributed by atoms with Crippen molar-refractivity contribution in [1.82, 2.24) is 0 Å². The lowest BCUT2D eigenvalue weighted by atomic mass is 10.1. The maximum Gasteiger partial charge on any atom is 0.285 e. The highest BCUT2D eigenvalue weighted by Crippen LogP contribution is 2.28. The summed E-state index contributed by atoms with van der Waals surface area (Å²) in [5, 5.41) is 13.4. The van der Waals surface area contributed by atoms with E-state index in [9.17, 15) is 14.9 Å². The highest BCUT2D eigenvalue weighted by Gasteiger charge is 2.15. The van der Waals surface area contributed by atoms with Gasteiger partial charge in [0.2, 0.25) is 0 Å². The maximum atomic E-state index is 12.2. The summed E-state index contributed by atoms with van der Waals surface area (Å²) in [7, 11) is 0. The van der Waals surface area contributed by atoms with Gasteiger partial charge in [-0.1, -0.05) is 15.9 Å². The smallest absolute Gasteiger partial charge is 0.285 e. The van der Waals surface area contributed by atoms with Crippen molar-refractivity contribution in [3.05, 3.63) is 61.0 Å². The number of carbonyl (C=O) groups is 1. The largest absolute Gasteiger partial charge is 0.398 e. The van der Waals surface area contributed by atoms with E-state index in [2.05, 4.69) is 37.2 Å². The third-order valence-electron chi connectivity index (χ3n) is 2.66. The zero-order valence-corrected chi connectivity index (χ0v) is 13.6. The monoisotopic (exact) mass is 413 g/mol. The summed E-state index contributed by atoms with van der Waals surface area (Å²) in [6.45, 7) is 0. The van der Waals surface area contributed by atoms with Crippen LogP contribution in [-0.2, 0) is 0 Å². The first-order valence-electron chi connectivity index (χ1n) is 5.69. The average Bonchev–Trinajstić information content (AvgIpc) is 2.43. The van der Waals surface area contributed by atoms with E-state index in [0.717, 1.165) is 0 Å². The molecule has 0 aliphatic carbocycles. The van der Waals surface area contributed by atoms with Crippen LogP contribution in [0.5, 0.6) is 0 Å². The van der Waals surface area contributed by atoms with Crippen molar-refractivity contribution < 1.29 is 9.72 Å². The van der Waals surface area contributed by atoms with Gasteiger partial charge in [-0.05, 0) is 46.3 Å². The molecule has 1 amide bonds. The quantitative estimate of drug-likeness (QED) is 0.451. The van der Waals surface area contributed by atoms with Gasteiger partial charge in [-0.2, -0.15) is 0 Å². The molecule has 8 heteroatoms. The number of nitrogens with zero attached hydrogens (tertiary/aromatic N) is 1. The molecule has 0 saturated heterocycles. The van der Waals surface area contributed by atoms with Gasteiger partial charge in [-0.3, -0.25) is 14.9 Å². The van der Waals surface area contributed by atoms with Crippen LogP contribution >= 0.6 is 31.9 Å². The number of anilines is 2. The van der Waals surface area contributed by atoms with Crippen molar-refractivity contribution in [2.75, 3.05) is 11.1 Å². The van der Waals surface area contributed by atoms with Crippen LogP contribution in [0.1, 0.15) is 10.4 Å². The van der Waals surface area contributed by atoms with Crippen molar-refractivity contribution in [2.45, 2.75) is 0 Å². The lowest BCUT2D eigenvalue weighted by Gasteiger charge is -2.08. The fraction of sp³-hybridized carbons (Fsp3) is 0. The molecular weight excluding hydrogens is 406 g/mol. The van der Waals surface area contributed by atoms with Crippen LogP contribution in [0, 0.1) is 10.1 Å². The molecule has 2 rings (SSSR count). The van der Waals surface area contributed by atoms with E-state index < -0.39 is 10.8 Å². The summed E-state index contributed by atoms with van der Waals surface area (Å²) in [6.07, 6.45) is 0. The number of nitro groups is 1. The molecule has 0 radical (unpaired) electrons. The van der Waals surface area contributed by atoms with Gasteiger partial charge in [0, 0.05) is 21.9 Å². The van der Waals surface area contributed by atoms with Crippen LogP contribution < -0.4 is 11.1 Å². The van der Waals surface area contributed by atoms with Gasteiger partial charge in [0.25, 0.3) is 11.6 Å². The van der Waals surface area contributed by atoms with E-state index in [1.54, 1.807) is 24.3 Å². The predicted molar refractivity (Wildman–Crippen MR) is 87.3 cm³/mol. The van der Waals surface area contributed by atoms with E-state index >= 15 is 0 Å². The zero-order valence-electron chi connectivity index (χ0n) is 10.5. The number of halogens is 2. The number of benzene rings is 2. The maximum absolute atomic E-state index is 12.2. The Hall–Kier alpha value is -1.93. The Morgan fingerprint density at radius 1 is 1.19 bits per heavy atom. The van der Waals surface area contributed by atoms with Gasteiger partial charge in [-0.25, -0.2) is 0 Å². The second-order valence-corrected chi connectivity index (χ2v) is 5.88. The van der Waals surface area contributed by atoms with Crippen molar-refractivity contribution in [3.63, 3.8) is 0 Å². The van der Waals surface area contributed by atoms with E-state index in [1.807, 2.05) is 0 Å². The standard InChI is InChI=1S/C13H9Br2N3O3/c14-7-1-4-11(16)9(5-7)13(19)17-8-2-3-10(15)12(6-8)18(20)21/h1-6H,16H2,(H,17,19). The highest BCUT2D eigenvalue weighted by molar-refractivity contribution is 9.10. The lowest BCUT2D eigenvalue weighted by Crippen LogP contribution is -2.14. The number of nitro benzene ring substituents is 1. The first-order chi connectivity index (χ1) is 9.88. The first kappa shape index (κ1) is 15.5. The van der Waals surface area contributed by atoms with Crippen molar-refractivity contribution in [2.24, 2.45) is 0 Å². The Bertz CT molecular complexity index is 735. The molecule has 21 heavy (non-hydrogen) atoms. The van der Waals surface area contributed by atoms with Crippen LogP contribution in [0.4, 0.5) is 17.1 Å². The fourth-order valence-corrected chi connectivity index (χ4v) is 2.41. The minimum atomic E-state index is -0.535. The summed E-state index contributed by atoms with van der Waals surface area (Å²) >= 11 is 6.34. The highest BCUT2D eigenvalue weighted by atomic mass is 79.9. The molecule has 0 saturated carbocycles. The van der Waals surface area contributed by atoms with Crippen LogP contribution in [0.25, 0.3) is 0 Å². The third kappa shape index (κ3) is 3.59. The number of hydrogen-bond acceptors (Lipinski definition) is 4. The molecule has 0 heterocycles. The van der Waals surface area contributed by atoms with Gasteiger partial charge in [0.1, 0.15) is 0 Å². The molecule has 0 atom stereocenters. The van der Waals surface area contributed by atoms with Crippen LogP contribution in [0.15, 0.2) is 45.3 Å². The summed E-state index contributed by atoms with van der Waals surface area (Å²) in [5.41, 5.74) is 6.54. The normalized spacial score (nSPS) is 10.2. The molecule has 0 aliphatic heterocycles. The topological polar surface area (TPSA) is 98.3 Å². The second kappa shape index (κ2) is 6.23. The molecule has 0 spiro atoms. The molecule has 0 aromatic heterocycles. The molecular formula is C13H9Br2N3O3. The molecule has 6 nitrogen and oxygen atoms in total. The molecule has 2 aromatic rings. The minimum Gasteiger partial charge on any atom is -0.398 e. The molecule has 3 N–H and O–H groups in total. The Balaban J connectivity index is 2.29. The molecule has 0 bridgehead atoms. The Kier molecular flexibility index (Phi) is 4.59. The second-order valence-electron chi connectivity index (χ2n) is 4.11. The Morgan fingerprint density at radius 3 is 2.57 bits per heavy atom. The van der Waals surface area contributed by atoms with Crippen LogP contribution in [0.3, 0.4) is 0 Å². The number of nitrogens with two attached hydrogens (primary N) is 1. The summed E-state index contributed by atoms with van der Waals surface area (Å²) in [5.74, 6) is -0.439. The van der Waals surface area contributed by atoms with Gasteiger partial charge in [-0.15, -0.1) is 0 Å². The van der Waals surface area contributed by atoms with E-state index in [4.69, 9.17) is 5.73 Å². The van der Waals surface area contributed by atoms with Crippen LogP contribution in [0.2, 0.25) is 0 Å². The number of hydrogen-bond donors (Lipinski definition) is 2. The predicted octanol–water partition coefficient (Wildman–Crippen LogP) is 3.95. The van der Waals surface area contributed by atoms with Crippen molar-refractivity contribution in [1.29, 1.82) is 0 Å². The van der Waals surface area contributed by atoms with Gasteiger partial charge >= 0.3 is 0 Å². The first-order valence-corrected chi connectivity index (χ1v) is 7.27. The van der Waals surface area contributed by atoms with Crippen molar-refractivity contribution in [3.8, 4) is 0 Å². The third-order valence-corrected chi connectivity index (χ3v) is 3.82. The average molecular weight is 415 g/mol.